The highest BCUT2D eigenvalue weighted by atomic mass is 16.5. The normalized spacial score (nSPS) is 9.47. The smallest absolute Gasteiger partial charge is 0.322 e. The molecule has 0 fully saturated rings. The predicted octanol–water partition coefficient (Wildman–Crippen LogP) is -1.48. The van der Waals surface area contributed by atoms with Crippen molar-refractivity contribution in [2.45, 2.75) is 6.92 Å². The molecular formula is C9H17N3O5. The standard InChI is InChI=1S/C9H17N3O5/c1-2-17-4-3-10-9(16)12-5-7(13)11-6-8(14)15/h2-6H2,1H3,(H,11,13)(H,14,15)(H2,10,12,16). The maximum absolute atomic E-state index is 11.1. The van der Waals surface area contributed by atoms with Crippen molar-refractivity contribution in [2.24, 2.45) is 0 Å². The summed E-state index contributed by atoms with van der Waals surface area (Å²) < 4.78 is 4.99. The molecule has 0 unspecified atom stereocenters. The topological polar surface area (TPSA) is 117 Å². The SMILES string of the molecule is CCOCCNC(=O)NCC(=O)NCC(=O)O. The van der Waals surface area contributed by atoms with Gasteiger partial charge in [0.1, 0.15) is 6.54 Å². The molecule has 0 aliphatic carbocycles. The average molecular weight is 247 g/mol. The largest absolute Gasteiger partial charge is 0.480 e. The minimum Gasteiger partial charge on any atom is -0.480 e. The van der Waals surface area contributed by atoms with Gasteiger partial charge in [0.2, 0.25) is 5.91 Å². The van der Waals surface area contributed by atoms with Crippen LogP contribution in [0.4, 0.5) is 4.79 Å². The van der Waals surface area contributed by atoms with Crippen LogP contribution in [0.25, 0.3) is 0 Å². The van der Waals surface area contributed by atoms with E-state index in [2.05, 4.69) is 16.0 Å². The molecular weight excluding hydrogens is 230 g/mol. The first-order valence-corrected chi connectivity index (χ1v) is 5.14. The summed E-state index contributed by atoms with van der Waals surface area (Å²) in [7, 11) is 0. The van der Waals surface area contributed by atoms with Gasteiger partial charge in [-0.25, -0.2) is 4.79 Å². The van der Waals surface area contributed by atoms with Crippen molar-refractivity contribution in [1.29, 1.82) is 0 Å². The summed E-state index contributed by atoms with van der Waals surface area (Å²) in [6, 6.07) is -0.504. The molecule has 3 amide bonds. The van der Waals surface area contributed by atoms with Crippen LogP contribution < -0.4 is 16.0 Å². The lowest BCUT2D eigenvalue weighted by Crippen LogP contribution is -2.43. The molecule has 0 aromatic heterocycles. The van der Waals surface area contributed by atoms with Crippen molar-refractivity contribution in [2.75, 3.05) is 32.8 Å². The van der Waals surface area contributed by atoms with E-state index in [4.69, 9.17) is 9.84 Å². The van der Waals surface area contributed by atoms with Crippen LogP contribution >= 0.6 is 0 Å². The van der Waals surface area contributed by atoms with E-state index in [0.29, 0.717) is 19.8 Å². The molecule has 4 N–H and O–H groups in total. The molecule has 0 spiro atoms. The summed E-state index contributed by atoms with van der Waals surface area (Å²) in [5.41, 5.74) is 0. The second-order valence-corrected chi connectivity index (χ2v) is 2.98. The molecule has 0 radical (unpaired) electrons. The number of hydrogen-bond acceptors (Lipinski definition) is 4. The Hall–Kier alpha value is -1.83. The molecule has 0 aliphatic heterocycles. The van der Waals surface area contributed by atoms with Crippen LogP contribution in [0.2, 0.25) is 0 Å². The van der Waals surface area contributed by atoms with Crippen LogP contribution in [-0.2, 0) is 14.3 Å². The van der Waals surface area contributed by atoms with Crippen LogP contribution in [0.1, 0.15) is 6.92 Å². The second-order valence-electron chi connectivity index (χ2n) is 2.98. The number of ether oxygens (including phenoxy) is 1. The zero-order valence-corrected chi connectivity index (χ0v) is 9.62. The van der Waals surface area contributed by atoms with Gasteiger partial charge >= 0.3 is 12.0 Å². The summed E-state index contributed by atoms with van der Waals surface area (Å²) in [5.74, 6) is -1.70. The quantitative estimate of drug-likeness (QED) is 0.390. The first kappa shape index (κ1) is 15.2. The van der Waals surface area contributed by atoms with Gasteiger partial charge in [0.05, 0.1) is 13.2 Å². The van der Waals surface area contributed by atoms with Crippen LogP contribution in [-0.4, -0.2) is 55.9 Å². The molecule has 0 bridgehead atoms. The van der Waals surface area contributed by atoms with E-state index in [1.807, 2.05) is 6.92 Å². The number of carboxylic acids is 1. The Morgan fingerprint density at radius 2 is 1.82 bits per heavy atom. The van der Waals surface area contributed by atoms with E-state index in [-0.39, 0.29) is 6.54 Å². The number of rotatable bonds is 8. The Balaban J connectivity index is 3.49. The minimum atomic E-state index is -1.14. The second kappa shape index (κ2) is 9.40. The highest BCUT2D eigenvalue weighted by molar-refractivity contribution is 5.86. The molecule has 17 heavy (non-hydrogen) atoms. The van der Waals surface area contributed by atoms with Crippen molar-refractivity contribution in [3.05, 3.63) is 0 Å². The van der Waals surface area contributed by atoms with Gasteiger partial charge in [-0.05, 0) is 6.92 Å². The summed E-state index contributed by atoms with van der Waals surface area (Å²) >= 11 is 0. The number of aliphatic carboxylic acids is 1. The molecule has 0 heterocycles. The number of carbonyl (C=O) groups is 3. The molecule has 0 aliphatic rings. The fourth-order valence-electron chi connectivity index (χ4n) is 0.841. The molecule has 0 saturated heterocycles. The van der Waals surface area contributed by atoms with E-state index in [9.17, 15) is 14.4 Å². The van der Waals surface area contributed by atoms with Crippen molar-refractivity contribution in [3.63, 3.8) is 0 Å². The Morgan fingerprint density at radius 3 is 2.41 bits per heavy atom. The maximum Gasteiger partial charge on any atom is 0.322 e. The number of nitrogens with one attached hydrogen (secondary N) is 3. The summed E-state index contributed by atoms with van der Waals surface area (Å²) in [6.45, 7) is 2.42. The number of carbonyl (C=O) groups excluding carboxylic acids is 2. The third kappa shape index (κ3) is 10.5. The number of urea groups is 1. The zero-order chi connectivity index (χ0) is 13.1. The lowest BCUT2D eigenvalue weighted by molar-refractivity contribution is -0.137. The van der Waals surface area contributed by atoms with E-state index >= 15 is 0 Å². The van der Waals surface area contributed by atoms with E-state index in [1.54, 1.807) is 0 Å². The number of hydrogen-bond donors (Lipinski definition) is 4. The van der Waals surface area contributed by atoms with Crippen molar-refractivity contribution < 1.29 is 24.2 Å². The highest BCUT2D eigenvalue weighted by Crippen LogP contribution is 1.72. The molecule has 98 valence electrons. The molecule has 0 rings (SSSR count). The van der Waals surface area contributed by atoms with E-state index < -0.39 is 24.5 Å². The lowest BCUT2D eigenvalue weighted by atomic mass is 10.5. The monoisotopic (exact) mass is 247 g/mol. The van der Waals surface area contributed by atoms with Gasteiger partial charge in [-0.3, -0.25) is 9.59 Å². The predicted molar refractivity (Wildman–Crippen MR) is 58.5 cm³/mol. The molecule has 0 saturated carbocycles. The Bertz CT molecular complexity index is 269. The highest BCUT2D eigenvalue weighted by Gasteiger charge is 2.05. The molecule has 0 aromatic rings. The Labute approximate surface area is 98.7 Å². The molecule has 8 nitrogen and oxygen atoms in total. The summed E-state index contributed by atoms with van der Waals surface area (Å²) in [4.78, 5) is 32.2. The summed E-state index contributed by atoms with van der Waals surface area (Å²) in [5, 5.41) is 15.1. The minimum absolute atomic E-state index is 0.270. The Morgan fingerprint density at radius 1 is 1.12 bits per heavy atom. The first-order chi connectivity index (χ1) is 8.06. The zero-order valence-electron chi connectivity index (χ0n) is 9.62. The van der Waals surface area contributed by atoms with E-state index in [0.717, 1.165) is 0 Å². The molecule has 0 aromatic carbocycles. The fraction of sp³-hybridized carbons (Fsp3) is 0.667. The molecule has 8 heteroatoms. The van der Waals surface area contributed by atoms with Crippen molar-refractivity contribution >= 4 is 17.9 Å². The van der Waals surface area contributed by atoms with Gasteiger partial charge < -0.3 is 25.8 Å². The number of amides is 3. The van der Waals surface area contributed by atoms with Gasteiger partial charge in [0.15, 0.2) is 0 Å². The fourth-order valence-corrected chi connectivity index (χ4v) is 0.841. The first-order valence-electron chi connectivity index (χ1n) is 5.14. The van der Waals surface area contributed by atoms with Crippen LogP contribution in [0.3, 0.4) is 0 Å². The maximum atomic E-state index is 11.1. The van der Waals surface area contributed by atoms with Gasteiger partial charge in [-0.2, -0.15) is 0 Å². The van der Waals surface area contributed by atoms with Crippen LogP contribution in [0, 0.1) is 0 Å². The molecule has 0 atom stereocenters. The van der Waals surface area contributed by atoms with Gasteiger partial charge in [0, 0.05) is 13.2 Å². The van der Waals surface area contributed by atoms with Gasteiger partial charge in [0.25, 0.3) is 0 Å². The van der Waals surface area contributed by atoms with Crippen LogP contribution in [0.5, 0.6) is 0 Å². The van der Waals surface area contributed by atoms with Gasteiger partial charge in [-0.1, -0.05) is 0 Å². The van der Waals surface area contributed by atoms with Crippen molar-refractivity contribution in [1.82, 2.24) is 16.0 Å². The summed E-state index contributed by atoms with van der Waals surface area (Å²) in [6.07, 6.45) is 0. The lowest BCUT2D eigenvalue weighted by Gasteiger charge is -2.07. The van der Waals surface area contributed by atoms with Crippen molar-refractivity contribution in [3.8, 4) is 0 Å². The number of carboxylic acid groups (broad SMARTS) is 1. The van der Waals surface area contributed by atoms with E-state index in [1.165, 1.54) is 0 Å². The van der Waals surface area contributed by atoms with Gasteiger partial charge in [-0.15, -0.1) is 0 Å². The average Bonchev–Trinajstić information content (AvgIpc) is 2.29. The van der Waals surface area contributed by atoms with Crippen LogP contribution in [0.15, 0.2) is 0 Å². The third-order valence-corrected chi connectivity index (χ3v) is 1.58. The third-order valence-electron chi connectivity index (χ3n) is 1.58. The Kier molecular flexibility index (Phi) is 8.39.